The fourth-order valence-corrected chi connectivity index (χ4v) is 2.58. The number of carbonyl (C=O) groups is 1. The summed E-state index contributed by atoms with van der Waals surface area (Å²) in [5, 5.41) is 9.20. The number of nitrogens with zero attached hydrogens (tertiary/aromatic N) is 2. The third-order valence-corrected chi connectivity index (χ3v) is 3.95. The van der Waals surface area contributed by atoms with E-state index < -0.39 is 5.97 Å². The number of methoxy groups -OCH3 is 1. The van der Waals surface area contributed by atoms with E-state index in [9.17, 15) is 10.1 Å². The number of hydrogen-bond donors (Lipinski definition) is 0. The maximum Gasteiger partial charge on any atom is 0.349 e. The van der Waals surface area contributed by atoms with Crippen LogP contribution in [0.3, 0.4) is 0 Å². The lowest BCUT2D eigenvalue weighted by Crippen LogP contribution is -2.38. The summed E-state index contributed by atoms with van der Waals surface area (Å²) in [4.78, 5) is 14.2. The number of carbonyl (C=O) groups excluding carboxylic acids is 1. The van der Waals surface area contributed by atoms with Crippen molar-refractivity contribution in [1.82, 2.24) is 4.90 Å². The average molecular weight is 374 g/mol. The number of benzene rings is 1. The van der Waals surface area contributed by atoms with Crippen molar-refractivity contribution in [2.75, 3.05) is 46.6 Å². The molecule has 1 saturated heterocycles. The number of hydrogen-bond acceptors (Lipinski definition) is 7. The Kier molecular flexibility index (Phi) is 8.11. The molecule has 0 atom stereocenters. The van der Waals surface area contributed by atoms with E-state index in [1.54, 1.807) is 39.2 Å². The van der Waals surface area contributed by atoms with Crippen molar-refractivity contribution >= 4 is 12.0 Å². The van der Waals surface area contributed by atoms with Gasteiger partial charge in [-0.25, -0.2) is 4.79 Å². The second-order valence-electron chi connectivity index (χ2n) is 6.34. The van der Waals surface area contributed by atoms with E-state index in [2.05, 4.69) is 4.90 Å². The first-order chi connectivity index (χ1) is 13.0. The molecule has 0 radical (unpaired) electrons. The number of ether oxygens (including phenoxy) is 4. The van der Waals surface area contributed by atoms with Crippen molar-refractivity contribution in [3.05, 3.63) is 29.3 Å². The Balaban J connectivity index is 2.02. The van der Waals surface area contributed by atoms with Gasteiger partial charge in [0.05, 0.1) is 26.4 Å². The fraction of sp³-hybridized carbons (Fsp3) is 0.500. The zero-order valence-corrected chi connectivity index (χ0v) is 16.1. The van der Waals surface area contributed by atoms with E-state index in [1.165, 1.54) is 6.08 Å². The molecule has 0 N–H and O–H groups in total. The summed E-state index contributed by atoms with van der Waals surface area (Å²) in [6.07, 6.45) is 1.19. The molecule has 0 spiro atoms. The summed E-state index contributed by atoms with van der Waals surface area (Å²) in [5.74, 6) is 0.517. The van der Waals surface area contributed by atoms with Gasteiger partial charge in [-0.1, -0.05) is 6.07 Å². The molecule has 1 fully saturated rings. The maximum absolute atomic E-state index is 11.9. The standard InChI is InChI=1S/C20H26N2O5/c1-15(2)27-20(23)17(14-21)12-16-4-5-18(19(13-16)24-3)26-11-8-22-6-9-25-10-7-22/h4-5,12-13,15H,6-11H2,1-3H3/b17-12-. The largest absolute Gasteiger partial charge is 0.493 e. The highest BCUT2D eigenvalue weighted by molar-refractivity contribution is 5.98. The highest BCUT2D eigenvalue weighted by Crippen LogP contribution is 2.29. The number of rotatable bonds is 8. The van der Waals surface area contributed by atoms with Crippen molar-refractivity contribution in [1.29, 1.82) is 5.26 Å². The number of nitriles is 1. The fourth-order valence-electron chi connectivity index (χ4n) is 2.58. The van der Waals surface area contributed by atoms with E-state index in [4.69, 9.17) is 18.9 Å². The van der Waals surface area contributed by atoms with Crippen molar-refractivity contribution in [3.63, 3.8) is 0 Å². The zero-order chi connectivity index (χ0) is 19.6. The molecule has 27 heavy (non-hydrogen) atoms. The van der Waals surface area contributed by atoms with Crippen LogP contribution in [0.15, 0.2) is 23.8 Å². The number of morpholine rings is 1. The van der Waals surface area contributed by atoms with Crippen LogP contribution < -0.4 is 9.47 Å². The van der Waals surface area contributed by atoms with Gasteiger partial charge in [-0.15, -0.1) is 0 Å². The molecule has 7 heteroatoms. The van der Waals surface area contributed by atoms with Crippen LogP contribution >= 0.6 is 0 Å². The first-order valence-corrected chi connectivity index (χ1v) is 8.97. The van der Waals surface area contributed by atoms with Gasteiger partial charge in [-0.3, -0.25) is 4.90 Å². The molecule has 1 aromatic rings. The van der Waals surface area contributed by atoms with Crippen LogP contribution in [-0.4, -0.2) is 63.5 Å². The molecular weight excluding hydrogens is 348 g/mol. The smallest absolute Gasteiger partial charge is 0.349 e. The molecule has 0 aromatic heterocycles. The van der Waals surface area contributed by atoms with Gasteiger partial charge in [0.1, 0.15) is 18.2 Å². The second-order valence-corrected chi connectivity index (χ2v) is 6.34. The normalized spacial score (nSPS) is 15.3. The van der Waals surface area contributed by atoms with Crippen LogP contribution in [-0.2, 0) is 14.3 Å². The molecule has 1 heterocycles. The summed E-state index contributed by atoms with van der Waals surface area (Å²) in [7, 11) is 1.55. The zero-order valence-electron chi connectivity index (χ0n) is 16.1. The van der Waals surface area contributed by atoms with E-state index in [0.29, 0.717) is 23.7 Å². The maximum atomic E-state index is 11.9. The molecule has 0 aliphatic carbocycles. The Labute approximate surface area is 160 Å². The highest BCUT2D eigenvalue weighted by atomic mass is 16.5. The van der Waals surface area contributed by atoms with Crippen LogP contribution in [0.5, 0.6) is 11.5 Å². The highest BCUT2D eigenvalue weighted by Gasteiger charge is 2.14. The minimum atomic E-state index is -0.641. The Bertz CT molecular complexity index is 703. The molecule has 7 nitrogen and oxygen atoms in total. The predicted octanol–water partition coefficient (Wildman–Crippen LogP) is 2.26. The molecule has 146 valence electrons. The molecule has 0 bridgehead atoms. The summed E-state index contributed by atoms with van der Waals surface area (Å²) < 4.78 is 21.6. The molecular formula is C20H26N2O5. The van der Waals surface area contributed by atoms with Crippen molar-refractivity contribution < 1.29 is 23.7 Å². The van der Waals surface area contributed by atoms with E-state index in [-0.39, 0.29) is 11.7 Å². The minimum absolute atomic E-state index is 0.0632. The van der Waals surface area contributed by atoms with E-state index >= 15 is 0 Å². The lowest BCUT2D eigenvalue weighted by atomic mass is 10.1. The average Bonchev–Trinajstić information content (AvgIpc) is 2.67. The Morgan fingerprint density at radius 3 is 2.70 bits per heavy atom. The molecule has 0 unspecified atom stereocenters. The summed E-state index contributed by atoms with van der Waals surface area (Å²) in [6, 6.07) is 7.14. The van der Waals surface area contributed by atoms with Gasteiger partial charge in [-0.05, 0) is 37.6 Å². The monoisotopic (exact) mass is 374 g/mol. The van der Waals surface area contributed by atoms with E-state index in [0.717, 1.165) is 32.8 Å². The van der Waals surface area contributed by atoms with Gasteiger partial charge in [0.25, 0.3) is 0 Å². The summed E-state index contributed by atoms with van der Waals surface area (Å²) in [5.41, 5.74) is 0.594. The van der Waals surface area contributed by atoms with Crippen LogP contribution in [0.25, 0.3) is 6.08 Å². The van der Waals surface area contributed by atoms with Crippen LogP contribution in [0.4, 0.5) is 0 Å². The van der Waals surface area contributed by atoms with E-state index in [1.807, 2.05) is 6.07 Å². The quantitative estimate of drug-likeness (QED) is 0.392. The van der Waals surface area contributed by atoms with Crippen molar-refractivity contribution in [3.8, 4) is 17.6 Å². The van der Waals surface area contributed by atoms with Crippen LogP contribution in [0.1, 0.15) is 19.4 Å². The van der Waals surface area contributed by atoms with Gasteiger partial charge in [0.2, 0.25) is 0 Å². The minimum Gasteiger partial charge on any atom is -0.493 e. The third kappa shape index (κ3) is 6.59. The molecule has 1 aromatic carbocycles. The topological polar surface area (TPSA) is 81.0 Å². The van der Waals surface area contributed by atoms with Crippen LogP contribution in [0.2, 0.25) is 0 Å². The van der Waals surface area contributed by atoms with Crippen molar-refractivity contribution in [2.24, 2.45) is 0 Å². The van der Waals surface area contributed by atoms with Gasteiger partial charge >= 0.3 is 5.97 Å². The molecule has 0 saturated carbocycles. The summed E-state index contributed by atoms with van der Waals surface area (Å²) >= 11 is 0. The lowest BCUT2D eigenvalue weighted by molar-refractivity contribution is -0.142. The third-order valence-electron chi connectivity index (χ3n) is 3.95. The Hall–Kier alpha value is -2.56. The Morgan fingerprint density at radius 1 is 1.33 bits per heavy atom. The Morgan fingerprint density at radius 2 is 2.07 bits per heavy atom. The van der Waals surface area contributed by atoms with Gasteiger partial charge < -0.3 is 18.9 Å². The first-order valence-electron chi connectivity index (χ1n) is 8.97. The molecule has 2 rings (SSSR count). The van der Waals surface area contributed by atoms with Crippen molar-refractivity contribution in [2.45, 2.75) is 20.0 Å². The molecule has 1 aliphatic rings. The van der Waals surface area contributed by atoms with Crippen LogP contribution in [0, 0.1) is 11.3 Å². The molecule has 0 amide bonds. The van der Waals surface area contributed by atoms with Gasteiger partial charge in [0, 0.05) is 19.6 Å². The molecule has 1 aliphatic heterocycles. The van der Waals surface area contributed by atoms with Gasteiger partial charge in [-0.2, -0.15) is 5.26 Å². The number of esters is 1. The second kappa shape index (κ2) is 10.6. The first kappa shape index (κ1) is 20.7. The lowest BCUT2D eigenvalue weighted by Gasteiger charge is -2.26. The van der Waals surface area contributed by atoms with Gasteiger partial charge in [0.15, 0.2) is 11.5 Å². The SMILES string of the molecule is COc1cc(/C=C(/C#N)C(=O)OC(C)C)ccc1OCCN1CCOCC1. The predicted molar refractivity (Wildman–Crippen MR) is 101 cm³/mol. The summed E-state index contributed by atoms with van der Waals surface area (Å²) in [6.45, 7) is 8.15.